The average molecular weight is 1050 g/mol. The summed E-state index contributed by atoms with van der Waals surface area (Å²) in [5, 5.41) is 18.2. The van der Waals surface area contributed by atoms with Crippen LogP contribution in [0.1, 0.15) is 80.8 Å². The van der Waals surface area contributed by atoms with Crippen molar-refractivity contribution < 1.29 is 33.8 Å². The van der Waals surface area contributed by atoms with E-state index in [2.05, 4.69) is 52.3 Å². The van der Waals surface area contributed by atoms with Crippen LogP contribution in [0.2, 0.25) is 0 Å². The fourth-order valence-electron chi connectivity index (χ4n) is 8.77. The van der Waals surface area contributed by atoms with Crippen molar-refractivity contribution in [1.29, 1.82) is 0 Å². The molecule has 6 aromatic rings. The Bertz CT molecular complexity index is 2640. The number of carboxylic acid groups (broad SMARTS) is 1. The Labute approximate surface area is 450 Å². The maximum atomic E-state index is 14.5. The van der Waals surface area contributed by atoms with Gasteiger partial charge in [0.05, 0.1) is 22.0 Å². The second-order valence-corrected chi connectivity index (χ2v) is 21.3. The Balaban J connectivity index is 1.18. The first-order chi connectivity index (χ1) is 36.2. The van der Waals surface area contributed by atoms with Gasteiger partial charge in [0, 0.05) is 5.75 Å². The summed E-state index contributed by atoms with van der Waals surface area (Å²) in [6.45, 7) is 8.63. The first-order valence-corrected chi connectivity index (χ1v) is 27.2. The van der Waals surface area contributed by atoms with E-state index in [1.165, 1.54) is 17.8 Å². The molecule has 390 valence electrons. The lowest BCUT2D eigenvalue weighted by Gasteiger charge is -2.36. The molecular formula is C62H68N4O7S2. The van der Waals surface area contributed by atoms with Crippen molar-refractivity contribution in [3.8, 4) is 0 Å². The monoisotopic (exact) mass is 1040 g/mol. The molecule has 11 nitrogen and oxygen atoms in total. The summed E-state index contributed by atoms with van der Waals surface area (Å²) in [5.74, 6) is -4.08. The number of nitrogens with one attached hydrogen (secondary N) is 3. The zero-order valence-corrected chi connectivity index (χ0v) is 44.8. The fourth-order valence-corrected chi connectivity index (χ4v) is 11.8. The van der Waals surface area contributed by atoms with E-state index in [1.807, 2.05) is 166 Å². The van der Waals surface area contributed by atoms with Crippen molar-refractivity contribution in [3.63, 3.8) is 0 Å². The summed E-state index contributed by atoms with van der Waals surface area (Å²) in [6.07, 6.45) is 3.68. The van der Waals surface area contributed by atoms with Crippen LogP contribution in [0.15, 0.2) is 206 Å². The lowest BCUT2D eigenvalue weighted by atomic mass is 9.84. The van der Waals surface area contributed by atoms with Gasteiger partial charge >= 0.3 is 11.9 Å². The van der Waals surface area contributed by atoms with Gasteiger partial charge in [0.15, 0.2) is 0 Å². The van der Waals surface area contributed by atoms with E-state index in [9.17, 15) is 29.1 Å². The molecule has 0 fully saturated rings. The Morgan fingerprint density at radius 1 is 0.587 bits per heavy atom. The quantitative estimate of drug-likeness (QED) is 0.0116. The van der Waals surface area contributed by atoms with Crippen LogP contribution in [-0.2, 0) is 38.2 Å². The van der Waals surface area contributed by atoms with Gasteiger partial charge in [-0.25, -0.2) is 4.79 Å². The summed E-state index contributed by atoms with van der Waals surface area (Å²) in [4.78, 5) is 68.4. The van der Waals surface area contributed by atoms with Gasteiger partial charge in [-0.3, -0.25) is 19.2 Å². The SMILES string of the molecule is C/C=C(\NC(=O)[C@@H](CSC(c1ccccc1)(c1ccccc1)c1ccccc1)NC(=O)[C@H](N)C(C)C)C(=O)N[C@H](C(=O)O[C@H](/C=C/CCSC(c1ccccc1)(c1ccccc1)c1ccccc1)CC(=O)O)C(C)C. The van der Waals surface area contributed by atoms with Gasteiger partial charge in [-0.1, -0.05) is 222 Å². The third kappa shape index (κ3) is 14.8. The first-order valence-electron chi connectivity index (χ1n) is 25.2. The molecule has 0 heterocycles. The number of aliphatic carboxylic acids is 1. The van der Waals surface area contributed by atoms with Crippen molar-refractivity contribution in [2.24, 2.45) is 17.6 Å². The summed E-state index contributed by atoms with van der Waals surface area (Å²) < 4.78 is 4.44. The van der Waals surface area contributed by atoms with Gasteiger partial charge < -0.3 is 31.5 Å². The topological polar surface area (TPSA) is 177 Å². The standard InChI is InChI=1S/C62H68N4O7S2/c1-6-52(64-58(70)53(65-59(71)55(63)43(2)3)42-75-62(48-33-19-10-20-34-48,49-35-21-11-22-36-49)50-37-23-12-24-38-50)57(69)66-56(44(4)5)60(72)73-51(41-54(67)68)39-25-26-40-74-61(45-27-13-7-14-28-45,46-29-15-8-16-30-46)47-31-17-9-18-32-47/h6-25,27-39,43-44,51,53,55-56H,26,40-42,63H2,1-5H3,(H,64,70)(H,65,71)(H,66,69)(H,67,68)/b39-25+,52-6-/t51-,53-,55-,56+/m1/s1. The molecule has 0 unspecified atom stereocenters. The van der Waals surface area contributed by atoms with Gasteiger partial charge in [0.25, 0.3) is 5.91 Å². The van der Waals surface area contributed by atoms with Crippen LogP contribution in [-0.4, -0.2) is 70.5 Å². The highest BCUT2D eigenvalue weighted by atomic mass is 32.2. The number of carbonyl (C=O) groups is 5. The highest BCUT2D eigenvalue weighted by Gasteiger charge is 2.40. The maximum Gasteiger partial charge on any atom is 0.329 e. The molecule has 0 saturated carbocycles. The number of esters is 1. The molecule has 0 aromatic heterocycles. The number of amides is 3. The number of carboxylic acids is 1. The van der Waals surface area contributed by atoms with E-state index >= 15 is 0 Å². The molecule has 4 atom stereocenters. The van der Waals surface area contributed by atoms with Crippen LogP contribution in [0, 0.1) is 11.8 Å². The van der Waals surface area contributed by atoms with Crippen molar-refractivity contribution in [3.05, 3.63) is 239 Å². The Kier molecular flexibility index (Phi) is 21.3. The number of thioether (sulfide) groups is 2. The minimum absolute atomic E-state index is 0.0474. The first kappa shape index (κ1) is 57.1. The van der Waals surface area contributed by atoms with Gasteiger partial charge in [-0.2, -0.15) is 0 Å². The fraction of sp³-hybridized carbons (Fsp3) is 0.274. The summed E-state index contributed by atoms with van der Waals surface area (Å²) in [6, 6.07) is 57.3. The van der Waals surface area contributed by atoms with Crippen LogP contribution in [0.25, 0.3) is 0 Å². The Morgan fingerprint density at radius 3 is 1.35 bits per heavy atom. The van der Waals surface area contributed by atoms with E-state index in [-0.39, 0.29) is 17.4 Å². The largest absolute Gasteiger partial charge is 0.481 e. The predicted molar refractivity (Wildman–Crippen MR) is 303 cm³/mol. The molecule has 0 saturated heterocycles. The van der Waals surface area contributed by atoms with E-state index in [0.29, 0.717) is 12.2 Å². The molecule has 0 bridgehead atoms. The summed E-state index contributed by atoms with van der Waals surface area (Å²) >= 11 is 3.21. The normalized spacial score (nSPS) is 13.6. The zero-order valence-electron chi connectivity index (χ0n) is 43.1. The number of carbonyl (C=O) groups excluding carboxylic acids is 4. The number of nitrogens with two attached hydrogens (primary N) is 1. The van der Waals surface area contributed by atoms with Crippen molar-refractivity contribution in [1.82, 2.24) is 16.0 Å². The summed E-state index contributed by atoms with van der Waals surface area (Å²) in [7, 11) is 0. The van der Waals surface area contributed by atoms with Crippen molar-refractivity contribution >= 4 is 53.2 Å². The molecule has 6 aromatic carbocycles. The smallest absolute Gasteiger partial charge is 0.329 e. The molecule has 6 N–H and O–H groups in total. The third-order valence-corrected chi connectivity index (χ3v) is 16.0. The molecule has 13 heteroatoms. The van der Waals surface area contributed by atoms with Gasteiger partial charge in [-0.05, 0) is 70.4 Å². The number of benzene rings is 6. The van der Waals surface area contributed by atoms with Gasteiger partial charge in [0.1, 0.15) is 23.9 Å². The highest BCUT2D eigenvalue weighted by Crippen LogP contribution is 2.50. The number of ether oxygens (including phenoxy) is 1. The molecule has 0 spiro atoms. The van der Waals surface area contributed by atoms with E-state index < -0.39 is 75.7 Å². The van der Waals surface area contributed by atoms with Crippen LogP contribution in [0.3, 0.4) is 0 Å². The molecule has 0 aliphatic rings. The summed E-state index contributed by atoms with van der Waals surface area (Å²) in [5.41, 5.74) is 12.3. The highest BCUT2D eigenvalue weighted by molar-refractivity contribution is 8.00. The van der Waals surface area contributed by atoms with Gasteiger partial charge in [-0.15, -0.1) is 23.5 Å². The average Bonchev–Trinajstić information content (AvgIpc) is 3.43. The molecule has 0 aliphatic carbocycles. The van der Waals surface area contributed by atoms with Crippen LogP contribution >= 0.6 is 23.5 Å². The molecule has 6 rings (SSSR count). The van der Waals surface area contributed by atoms with Crippen LogP contribution in [0.5, 0.6) is 0 Å². The maximum absolute atomic E-state index is 14.5. The van der Waals surface area contributed by atoms with E-state index in [1.54, 1.807) is 38.6 Å². The Hall–Kier alpha value is -7.19. The van der Waals surface area contributed by atoms with Crippen molar-refractivity contribution in [2.75, 3.05) is 11.5 Å². The molecule has 75 heavy (non-hydrogen) atoms. The van der Waals surface area contributed by atoms with Gasteiger partial charge in [0.2, 0.25) is 11.8 Å². The molecule has 0 radical (unpaired) electrons. The van der Waals surface area contributed by atoms with E-state index in [4.69, 9.17) is 10.5 Å². The van der Waals surface area contributed by atoms with E-state index in [0.717, 1.165) is 33.4 Å². The lowest BCUT2D eigenvalue weighted by molar-refractivity contribution is -0.154. The number of hydrogen-bond acceptors (Lipinski definition) is 9. The predicted octanol–water partition coefficient (Wildman–Crippen LogP) is 10.4. The zero-order chi connectivity index (χ0) is 53.8. The number of allylic oxidation sites excluding steroid dienone is 2. The number of hydrogen-bond donors (Lipinski definition) is 5. The molecule has 0 aliphatic heterocycles. The second kappa shape index (κ2) is 27.9. The minimum atomic E-state index is -1.23. The lowest BCUT2D eigenvalue weighted by Crippen LogP contribution is -2.55. The third-order valence-electron chi connectivity index (χ3n) is 12.8. The van der Waals surface area contributed by atoms with Crippen LogP contribution in [0.4, 0.5) is 0 Å². The number of rotatable bonds is 26. The second-order valence-electron chi connectivity index (χ2n) is 18.7. The van der Waals surface area contributed by atoms with Crippen molar-refractivity contribution in [2.45, 2.75) is 81.2 Å². The molecular weight excluding hydrogens is 977 g/mol. The Morgan fingerprint density at radius 2 is 0.987 bits per heavy atom. The molecule has 3 amide bonds. The minimum Gasteiger partial charge on any atom is -0.481 e. The van der Waals surface area contributed by atoms with Crippen LogP contribution < -0.4 is 21.7 Å².